The first-order valence-corrected chi connectivity index (χ1v) is 5.39. The van der Waals surface area contributed by atoms with Crippen molar-refractivity contribution >= 4 is 19.4 Å². The Bertz CT molecular complexity index is 314. The van der Waals surface area contributed by atoms with Crippen LogP contribution < -0.4 is 4.46 Å². The average Bonchev–Trinajstić information content (AvgIpc) is 2.05. The van der Waals surface area contributed by atoms with Gasteiger partial charge in [-0.1, -0.05) is 0 Å². The van der Waals surface area contributed by atoms with E-state index in [4.69, 9.17) is 0 Å². The third-order valence-electron chi connectivity index (χ3n) is 1.18. The molecule has 12 heavy (non-hydrogen) atoms. The minimum absolute atomic E-state index is 0.278. The summed E-state index contributed by atoms with van der Waals surface area (Å²) in [5.74, 6) is 2.98. The molecule has 0 aliphatic heterocycles. The van der Waals surface area contributed by atoms with Crippen LogP contribution in [-0.2, 0) is 0 Å². The van der Waals surface area contributed by atoms with E-state index in [0.29, 0.717) is 0 Å². The molecular formula is C11H10Se. The van der Waals surface area contributed by atoms with E-state index >= 15 is 0 Å². The minimum atomic E-state index is 0.278. The number of rotatable bonds is 1. The number of hydrogen-bond donors (Lipinski definition) is 0. The summed E-state index contributed by atoms with van der Waals surface area (Å²) in [6.45, 7) is 5.65. The Morgan fingerprint density at radius 2 is 2.00 bits per heavy atom. The van der Waals surface area contributed by atoms with Gasteiger partial charge in [0.2, 0.25) is 0 Å². The van der Waals surface area contributed by atoms with Crippen molar-refractivity contribution in [3.05, 3.63) is 42.5 Å². The summed E-state index contributed by atoms with van der Waals surface area (Å²) in [5.41, 5.74) is 0.938. The molecule has 0 aromatic heterocycles. The van der Waals surface area contributed by atoms with E-state index in [1.165, 1.54) is 4.46 Å². The second-order valence-electron chi connectivity index (χ2n) is 2.42. The van der Waals surface area contributed by atoms with Crippen LogP contribution in [0.4, 0.5) is 0 Å². The Kier molecular flexibility index (Phi) is 3.67. The molecule has 1 rings (SSSR count). The van der Waals surface area contributed by atoms with Crippen LogP contribution in [0, 0.1) is 10.7 Å². The molecule has 0 aliphatic rings. The van der Waals surface area contributed by atoms with Crippen LogP contribution in [-0.4, -0.2) is 15.0 Å². The van der Waals surface area contributed by atoms with Gasteiger partial charge in [0.25, 0.3) is 0 Å². The van der Waals surface area contributed by atoms with Crippen molar-refractivity contribution in [2.75, 3.05) is 0 Å². The molecule has 0 atom stereocenters. The third-order valence-corrected chi connectivity index (χ3v) is 2.67. The zero-order chi connectivity index (χ0) is 8.81. The van der Waals surface area contributed by atoms with Crippen LogP contribution in [0.2, 0.25) is 0 Å². The van der Waals surface area contributed by atoms with Crippen LogP contribution in [0.3, 0.4) is 0 Å². The molecule has 60 valence electrons. The molecule has 0 amide bonds. The Labute approximate surface area is 79.8 Å². The fourth-order valence-corrected chi connectivity index (χ4v) is 2.00. The van der Waals surface area contributed by atoms with Gasteiger partial charge in [0.15, 0.2) is 0 Å². The monoisotopic (exact) mass is 222 g/mol. The van der Waals surface area contributed by atoms with Gasteiger partial charge in [0, 0.05) is 0 Å². The van der Waals surface area contributed by atoms with Crippen molar-refractivity contribution in [1.29, 1.82) is 0 Å². The molecule has 1 heteroatoms. The number of allylic oxidation sites excluding steroid dienone is 1. The Hall–Kier alpha value is -0.961. The van der Waals surface area contributed by atoms with Gasteiger partial charge in [-0.3, -0.25) is 0 Å². The van der Waals surface area contributed by atoms with Gasteiger partial charge in [-0.15, -0.1) is 0 Å². The predicted octanol–water partition coefficient (Wildman–Crippen LogP) is 1.55. The van der Waals surface area contributed by atoms with E-state index < -0.39 is 0 Å². The standard InChI is InChI=1S/C11H10Se/c1-10(2)8-9-12-11-6-4-3-5-7-11/h3-7H,1H2,2H3. The van der Waals surface area contributed by atoms with Crippen LogP contribution in [0.5, 0.6) is 0 Å². The van der Waals surface area contributed by atoms with E-state index in [1.807, 2.05) is 25.1 Å². The van der Waals surface area contributed by atoms with Crippen molar-refractivity contribution < 1.29 is 0 Å². The molecule has 0 heterocycles. The summed E-state index contributed by atoms with van der Waals surface area (Å²) in [7, 11) is 0. The molecular weight excluding hydrogens is 211 g/mol. The predicted molar refractivity (Wildman–Crippen MR) is 54.4 cm³/mol. The molecule has 0 aliphatic carbocycles. The molecule has 1 aromatic carbocycles. The first-order valence-electron chi connectivity index (χ1n) is 3.67. The van der Waals surface area contributed by atoms with Crippen molar-refractivity contribution in [1.82, 2.24) is 0 Å². The van der Waals surface area contributed by atoms with Gasteiger partial charge in [-0.05, 0) is 0 Å². The van der Waals surface area contributed by atoms with Crippen molar-refractivity contribution in [2.45, 2.75) is 6.92 Å². The summed E-state index contributed by atoms with van der Waals surface area (Å²) in [6, 6.07) is 10.3. The summed E-state index contributed by atoms with van der Waals surface area (Å²) in [6.07, 6.45) is 0. The fraction of sp³-hybridized carbons (Fsp3) is 0.0909. The Morgan fingerprint density at radius 3 is 2.58 bits per heavy atom. The van der Waals surface area contributed by atoms with Crippen LogP contribution >= 0.6 is 0 Å². The van der Waals surface area contributed by atoms with Gasteiger partial charge in [0.1, 0.15) is 0 Å². The normalized spacial score (nSPS) is 8.42. The first-order chi connectivity index (χ1) is 5.79. The zero-order valence-electron chi connectivity index (χ0n) is 7.00. The summed E-state index contributed by atoms with van der Waals surface area (Å²) >= 11 is 0.278. The van der Waals surface area contributed by atoms with Gasteiger partial charge < -0.3 is 0 Å². The second kappa shape index (κ2) is 4.82. The zero-order valence-corrected chi connectivity index (χ0v) is 8.72. The van der Waals surface area contributed by atoms with Gasteiger partial charge in [-0.2, -0.15) is 0 Å². The SMILES string of the molecule is C=C(C)C#C[Se]c1ccccc1. The van der Waals surface area contributed by atoms with E-state index in [9.17, 15) is 0 Å². The topological polar surface area (TPSA) is 0 Å². The van der Waals surface area contributed by atoms with Crippen molar-refractivity contribution in [2.24, 2.45) is 0 Å². The molecule has 0 nitrogen and oxygen atoms in total. The van der Waals surface area contributed by atoms with Crippen molar-refractivity contribution in [3.8, 4) is 10.7 Å². The summed E-state index contributed by atoms with van der Waals surface area (Å²) in [5, 5.41) is 0. The van der Waals surface area contributed by atoms with E-state index in [2.05, 4.69) is 29.5 Å². The fourth-order valence-electron chi connectivity index (χ4n) is 0.660. The molecule has 0 spiro atoms. The van der Waals surface area contributed by atoms with Crippen LogP contribution in [0.25, 0.3) is 0 Å². The molecule has 0 fully saturated rings. The molecule has 0 N–H and O–H groups in total. The van der Waals surface area contributed by atoms with E-state index in [0.717, 1.165) is 5.57 Å². The second-order valence-corrected chi connectivity index (χ2v) is 4.27. The van der Waals surface area contributed by atoms with Crippen LogP contribution in [0.1, 0.15) is 6.92 Å². The van der Waals surface area contributed by atoms with E-state index in [-0.39, 0.29) is 15.0 Å². The molecule has 0 saturated heterocycles. The molecule has 0 radical (unpaired) electrons. The first kappa shape index (κ1) is 9.13. The van der Waals surface area contributed by atoms with E-state index in [1.54, 1.807) is 0 Å². The Morgan fingerprint density at radius 1 is 1.33 bits per heavy atom. The maximum atomic E-state index is 3.72. The van der Waals surface area contributed by atoms with Crippen molar-refractivity contribution in [3.63, 3.8) is 0 Å². The number of benzene rings is 1. The summed E-state index contributed by atoms with van der Waals surface area (Å²) < 4.78 is 1.32. The molecule has 0 unspecified atom stereocenters. The Balaban J connectivity index is 2.56. The maximum absolute atomic E-state index is 3.72. The quantitative estimate of drug-likeness (QED) is 0.498. The third kappa shape index (κ3) is 3.44. The molecule has 0 bridgehead atoms. The van der Waals surface area contributed by atoms with Crippen LogP contribution in [0.15, 0.2) is 42.5 Å². The number of hydrogen-bond acceptors (Lipinski definition) is 0. The summed E-state index contributed by atoms with van der Waals surface area (Å²) in [4.78, 5) is 3.11. The van der Waals surface area contributed by atoms with Gasteiger partial charge >= 0.3 is 79.6 Å². The molecule has 1 aromatic rings. The van der Waals surface area contributed by atoms with Gasteiger partial charge in [-0.25, -0.2) is 0 Å². The van der Waals surface area contributed by atoms with Gasteiger partial charge in [0.05, 0.1) is 0 Å². The molecule has 0 saturated carbocycles. The average molecular weight is 221 g/mol.